The fourth-order valence-electron chi connectivity index (χ4n) is 2.49. The van der Waals surface area contributed by atoms with Gasteiger partial charge in [0.1, 0.15) is 11.3 Å². The van der Waals surface area contributed by atoms with E-state index >= 15 is 0 Å². The fraction of sp³-hybridized carbons (Fsp3) is 0.188. The van der Waals surface area contributed by atoms with Crippen LogP contribution in [0.3, 0.4) is 0 Å². The molecule has 0 bridgehead atoms. The van der Waals surface area contributed by atoms with Crippen LogP contribution in [0.4, 0.5) is 0 Å². The molecule has 1 N–H and O–H groups in total. The quantitative estimate of drug-likeness (QED) is 0.801. The molecule has 2 aromatic heterocycles. The highest BCUT2D eigenvalue weighted by atomic mass is 16.4. The van der Waals surface area contributed by atoms with Crippen molar-refractivity contribution in [2.45, 2.75) is 20.4 Å². The summed E-state index contributed by atoms with van der Waals surface area (Å²) < 4.78 is 2.03. The smallest absolute Gasteiger partial charge is 0.337 e. The minimum atomic E-state index is -0.953. The van der Waals surface area contributed by atoms with E-state index in [9.17, 15) is 9.90 Å². The topological polar surface area (TPSA) is 68.0 Å². The van der Waals surface area contributed by atoms with Crippen molar-refractivity contribution in [3.63, 3.8) is 0 Å². The van der Waals surface area contributed by atoms with Crippen molar-refractivity contribution in [1.29, 1.82) is 0 Å². The molecular formula is C16H15N3O2. The summed E-state index contributed by atoms with van der Waals surface area (Å²) in [5.74, 6) is -0.153. The Morgan fingerprint density at radius 2 is 2.10 bits per heavy atom. The Labute approximate surface area is 121 Å². The number of hydrogen-bond donors (Lipinski definition) is 1. The van der Waals surface area contributed by atoms with Crippen molar-refractivity contribution < 1.29 is 9.90 Å². The molecule has 0 radical (unpaired) electrons. The van der Waals surface area contributed by atoms with Gasteiger partial charge in [-0.15, -0.1) is 0 Å². The lowest BCUT2D eigenvalue weighted by Crippen LogP contribution is -2.04. The summed E-state index contributed by atoms with van der Waals surface area (Å²) in [6.07, 6.45) is 3.59. The minimum Gasteiger partial charge on any atom is -0.478 e. The maximum atomic E-state index is 11.3. The van der Waals surface area contributed by atoms with Gasteiger partial charge in [0.25, 0.3) is 0 Å². The standard InChI is InChI=1S/C16H15N3O2/c1-10-8-17-7-6-12(10)9-19-11(2)18-15-13(16(20)21)4-3-5-14(15)19/h3-8H,9H2,1-2H3,(H,20,21). The van der Waals surface area contributed by atoms with Gasteiger partial charge in [-0.2, -0.15) is 0 Å². The SMILES string of the molecule is Cc1cnccc1Cn1c(C)nc2c(C(=O)O)cccc21. The third kappa shape index (κ3) is 2.27. The summed E-state index contributed by atoms with van der Waals surface area (Å²) in [6, 6.07) is 7.21. The second-order valence-corrected chi connectivity index (χ2v) is 5.03. The van der Waals surface area contributed by atoms with Crippen molar-refractivity contribution in [2.24, 2.45) is 0 Å². The molecule has 0 amide bonds. The number of para-hydroxylation sites is 1. The summed E-state index contributed by atoms with van der Waals surface area (Å²) in [5.41, 5.74) is 3.86. The van der Waals surface area contributed by atoms with Gasteiger partial charge in [0.15, 0.2) is 0 Å². The molecular weight excluding hydrogens is 266 g/mol. The van der Waals surface area contributed by atoms with Gasteiger partial charge in [-0.25, -0.2) is 9.78 Å². The normalized spacial score (nSPS) is 11.0. The van der Waals surface area contributed by atoms with Crippen LogP contribution in [0.15, 0.2) is 36.7 Å². The lowest BCUT2D eigenvalue weighted by Gasteiger charge is -2.09. The first-order valence-electron chi connectivity index (χ1n) is 6.66. The predicted molar refractivity (Wildman–Crippen MR) is 79.5 cm³/mol. The molecule has 0 aliphatic heterocycles. The molecule has 5 nitrogen and oxygen atoms in total. The Balaban J connectivity index is 2.16. The summed E-state index contributed by atoms with van der Waals surface area (Å²) in [4.78, 5) is 19.8. The number of aryl methyl sites for hydroxylation is 2. The van der Waals surface area contributed by atoms with E-state index in [2.05, 4.69) is 9.97 Å². The Morgan fingerprint density at radius 1 is 1.29 bits per heavy atom. The molecule has 1 aromatic carbocycles. The second kappa shape index (κ2) is 5.01. The number of pyridine rings is 1. The van der Waals surface area contributed by atoms with Gasteiger partial charge in [0.2, 0.25) is 0 Å². The van der Waals surface area contributed by atoms with Crippen LogP contribution in [-0.2, 0) is 6.54 Å². The molecule has 0 atom stereocenters. The number of aromatic carboxylic acids is 1. The molecule has 0 spiro atoms. The van der Waals surface area contributed by atoms with Crippen LogP contribution in [0.5, 0.6) is 0 Å². The van der Waals surface area contributed by atoms with E-state index in [4.69, 9.17) is 0 Å². The third-order valence-electron chi connectivity index (χ3n) is 3.67. The molecule has 0 fully saturated rings. The highest BCUT2D eigenvalue weighted by Crippen LogP contribution is 2.22. The Morgan fingerprint density at radius 3 is 2.81 bits per heavy atom. The highest BCUT2D eigenvalue weighted by Gasteiger charge is 2.15. The Bertz CT molecular complexity index is 837. The van der Waals surface area contributed by atoms with Crippen LogP contribution in [-0.4, -0.2) is 25.6 Å². The number of imidazole rings is 1. The zero-order valence-corrected chi connectivity index (χ0v) is 11.9. The fourth-order valence-corrected chi connectivity index (χ4v) is 2.49. The number of carbonyl (C=O) groups is 1. The number of rotatable bonds is 3. The number of carboxylic acid groups (broad SMARTS) is 1. The van der Waals surface area contributed by atoms with Gasteiger partial charge in [0, 0.05) is 18.9 Å². The lowest BCUT2D eigenvalue weighted by atomic mass is 10.1. The van der Waals surface area contributed by atoms with Crippen molar-refractivity contribution >= 4 is 17.0 Å². The average molecular weight is 281 g/mol. The van der Waals surface area contributed by atoms with Crippen LogP contribution in [0.2, 0.25) is 0 Å². The first-order chi connectivity index (χ1) is 10.1. The van der Waals surface area contributed by atoms with Gasteiger partial charge in [-0.05, 0) is 43.2 Å². The lowest BCUT2D eigenvalue weighted by molar-refractivity contribution is 0.0699. The zero-order valence-electron chi connectivity index (χ0n) is 11.9. The maximum Gasteiger partial charge on any atom is 0.337 e. The maximum absolute atomic E-state index is 11.3. The van der Waals surface area contributed by atoms with Crippen LogP contribution >= 0.6 is 0 Å². The number of aromatic nitrogens is 3. The molecule has 5 heteroatoms. The van der Waals surface area contributed by atoms with Gasteiger partial charge in [0.05, 0.1) is 11.1 Å². The predicted octanol–water partition coefficient (Wildman–Crippen LogP) is 2.79. The molecule has 0 saturated heterocycles. The van der Waals surface area contributed by atoms with E-state index in [0.29, 0.717) is 12.1 Å². The first kappa shape index (κ1) is 13.3. The molecule has 0 aliphatic rings. The summed E-state index contributed by atoms with van der Waals surface area (Å²) in [7, 11) is 0. The van der Waals surface area contributed by atoms with E-state index in [-0.39, 0.29) is 5.56 Å². The Kier molecular flexibility index (Phi) is 3.17. The van der Waals surface area contributed by atoms with Crippen molar-refractivity contribution in [2.75, 3.05) is 0 Å². The zero-order chi connectivity index (χ0) is 15.0. The highest BCUT2D eigenvalue weighted by molar-refractivity contribution is 6.01. The van der Waals surface area contributed by atoms with Crippen molar-refractivity contribution in [3.05, 3.63) is 59.2 Å². The summed E-state index contributed by atoms with van der Waals surface area (Å²) in [5, 5.41) is 9.26. The molecule has 0 aliphatic carbocycles. The van der Waals surface area contributed by atoms with Gasteiger partial charge >= 0.3 is 5.97 Å². The second-order valence-electron chi connectivity index (χ2n) is 5.03. The molecule has 2 heterocycles. The average Bonchev–Trinajstić information content (AvgIpc) is 2.77. The Hall–Kier alpha value is -2.69. The van der Waals surface area contributed by atoms with Crippen LogP contribution in [0, 0.1) is 13.8 Å². The number of benzene rings is 1. The summed E-state index contributed by atoms with van der Waals surface area (Å²) in [6.45, 7) is 4.56. The molecule has 0 saturated carbocycles. The largest absolute Gasteiger partial charge is 0.478 e. The number of fused-ring (bicyclic) bond motifs is 1. The van der Waals surface area contributed by atoms with E-state index in [1.54, 1.807) is 18.3 Å². The molecule has 21 heavy (non-hydrogen) atoms. The monoisotopic (exact) mass is 281 g/mol. The van der Waals surface area contributed by atoms with Gasteiger partial charge < -0.3 is 9.67 Å². The number of carboxylic acids is 1. The molecule has 106 valence electrons. The first-order valence-corrected chi connectivity index (χ1v) is 6.66. The number of hydrogen-bond acceptors (Lipinski definition) is 3. The minimum absolute atomic E-state index is 0.237. The van der Waals surface area contributed by atoms with E-state index in [0.717, 1.165) is 22.5 Å². The molecule has 3 rings (SSSR count). The van der Waals surface area contributed by atoms with Crippen molar-refractivity contribution in [3.8, 4) is 0 Å². The van der Waals surface area contributed by atoms with Crippen LogP contribution < -0.4 is 0 Å². The van der Waals surface area contributed by atoms with Gasteiger partial charge in [-0.1, -0.05) is 6.07 Å². The summed E-state index contributed by atoms with van der Waals surface area (Å²) >= 11 is 0. The molecule has 3 aromatic rings. The van der Waals surface area contributed by atoms with E-state index < -0.39 is 5.97 Å². The third-order valence-corrected chi connectivity index (χ3v) is 3.67. The van der Waals surface area contributed by atoms with Crippen molar-refractivity contribution in [1.82, 2.24) is 14.5 Å². The van der Waals surface area contributed by atoms with E-state index in [1.807, 2.05) is 36.7 Å². The molecule has 0 unspecified atom stereocenters. The van der Waals surface area contributed by atoms with Crippen LogP contribution in [0.25, 0.3) is 11.0 Å². The van der Waals surface area contributed by atoms with Gasteiger partial charge in [-0.3, -0.25) is 4.98 Å². The van der Waals surface area contributed by atoms with Crippen LogP contribution in [0.1, 0.15) is 27.3 Å². The van der Waals surface area contributed by atoms with E-state index in [1.165, 1.54) is 0 Å². The number of nitrogens with zero attached hydrogens (tertiary/aromatic N) is 3.